The normalized spacial score (nSPS) is 12.7. The van der Waals surface area contributed by atoms with Crippen LogP contribution in [0.15, 0.2) is 42.9 Å². The summed E-state index contributed by atoms with van der Waals surface area (Å²) in [5.41, 5.74) is 2.17. The molecule has 2 rings (SSSR count). The molecule has 4 heteroatoms. The van der Waals surface area contributed by atoms with Gasteiger partial charge in [0.1, 0.15) is 5.69 Å². The van der Waals surface area contributed by atoms with E-state index in [1.54, 1.807) is 18.6 Å². The Kier molecular flexibility index (Phi) is 4.91. The lowest BCUT2D eigenvalue weighted by Gasteiger charge is -2.24. The minimum atomic E-state index is -0.568. The number of aromatic nitrogens is 2. The summed E-state index contributed by atoms with van der Waals surface area (Å²) in [7, 11) is 0. The molecule has 0 fully saturated rings. The number of esters is 1. The van der Waals surface area contributed by atoms with Crippen LogP contribution in [0.1, 0.15) is 50.6 Å². The zero-order valence-corrected chi connectivity index (χ0v) is 13.5. The van der Waals surface area contributed by atoms with Crippen LogP contribution < -0.4 is 0 Å². The maximum Gasteiger partial charge on any atom is 0.312 e. The van der Waals surface area contributed by atoms with E-state index >= 15 is 0 Å². The van der Waals surface area contributed by atoms with Gasteiger partial charge < -0.3 is 4.74 Å². The largest absolute Gasteiger partial charge is 0.450 e. The van der Waals surface area contributed by atoms with Crippen LogP contribution in [-0.2, 0) is 16.0 Å². The molecular formula is C18H22N2O2. The molecule has 22 heavy (non-hydrogen) atoms. The molecule has 0 aliphatic carbocycles. The molecule has 4 nitrogen and oxygen atoms in total. The Balaban J connectivity index is 2.45. The fourth-order valence-corrected chi connectivity index (χ4v) is 2.12. The second kappa shape index (κ2) is 6.69. The van der Waals surface area contributed by atoms with Crippen molar-refractivity contribution < 1.29 is 9.53 Å². The summed E-state index contributed by atoms with van der Waals surface area (Å²) in [6.07, 6.45) is 5.20. The van der Waals surface area contributed by atoms with Crippen LogP contribution in [0.4, 0.5) is 0 Å². The maximum absolute atomic E-state index is 12.4. The van der Waals surface area contributed by atoms with Crippen molar-refractivity contribution in [3.05, 3.63) is 59.7 Å². The first kappa shape index (κ1) is 16.1. The maximum atomic E-state index is 12.4. The van der Waals surface area contributed by atoms with E-state index in [9.17, 15) is 4.79 Å². The minimum absolute atomic E-state index is 0.256. The summed E-state index contributed by atoms with van der Waals surface area (Å²) in [6.45, 7) is 7.61. The van der Waals surface area contributed by atoms with E-state index in [2.05, 4.69) is 16.9 Å². The summed E-state index contributed by atoms with van der Waals surface area (Å²) in [6, 6.07) is 7.96. The lowest BCUT2D eigenvalue weighted by Crippen LogP contribution is -2.26. The average molecular weight is 298 g/mol. The lowest BCUT2D eigenvalue weighted by atomic mass is 9.95. The smallest absolute Gasteiger partial charge is 0.312 e. The van der Waals surface area contributed by atoms with Gasteiger partial charge in [-0.3, -0.25) is 14.8 Å². The van der Waals surface area contributed by atoms with Crippen molar-refractivity contribution in [2.45, 2.75) is 40.2 Å². The van der Waals surface area contributed by atoms with Crippen LogP contribution in [0.2, 0.25) is 0 Å². The van der Waals surface area contributed by atoms with Gasteiger partial charge in [0.25, 0.3) is 0 Å². The van der Waals surface area contributed by atoms with E-state index in [1.807, 2.05) is 45.0 Å². The zero-order valence-electron chi connectivity index (χ0n) is 13.5. The fourth-order valence-electron chi connectivity index (χ4n) is 2.12. The monoisotopic (exact) mass is 298 g/mol. The van der Waals surface area contributed by atoms with E-state index < -0.39 is 11.5 Å². The SMILES string of the molecule is CCc1ccccc1C(OC(=O)C(C)(C)C)c1cnccn1. The fraction of sp³-hybridized carbons (Fsp3) is 0.389. The standard InChI is InChI=1S/C18H22N2O2/c1-5-13-8-6-7-9-14(13)16(15-12-19-10-11-20-15)22-17(21)18(2,3)4/h6-12,16H,5H2,1-4H3. The van der Waals surface area contributed by atoms with E-state index in [-0.39, 0.29) is 5.97 Å². The second-order valence-electron chi connectivity index (χ2n) is 6.22. The first-order valence-electron chi connectivity index (χ1n) is 7.48. The summed E-state index contributed by atoms with van der Waals surface area (Å²) >= 11 is 0. The van der Waals surface area contributed by atoms with E-state index in [0.717, 1.165) is 17.5 Å². The number of nitrogens with zero attached hydrogens (tertiary/aromatic N) is 2. The number of carbonyl (C=O) groups is 1. The van der Waals surface area contributed by atoms with Crippen LogP contribution in [-0.4, -0.2) is 15.9 Å². The van der Waals surface area contributed by atoms with E-state index in [1.165, 1.54) is 0 Å². The molecule has 0 bridgehead atoms. The summed E-state index contributed by atoms with van der Waals surface area (Å²) in [5.74, 6) is -0.256. The third kappa shape index (κ3) is 3.70. The van der Waals surface area contributed by atoms with Gasteiger partial charge in [0.2, 0.25) is 0 Å². The van der Waals surface area contributed by atoms with Gasteiger partial charge in [0.05, 0.1) is 11.6 Å². The highest BCUT2D eigenvalue weighted by Gasteiger charge is 2.29. The molecule has 0 saturated heterocycles. The molecule has 0 N–H and O–H groups in total. The Morgan fingerprint density at radius 2 is 1.95 bits per heavy atom. The van der Waals surface area contributed by atoms with Gasteiger partial charge in [0, 0.05) is 18.0 Å². The third-order valence-corrected chi connectivity index (χ3v) is 3.41. The number of hydrogen-bond donors (Lipinski definition) is 0. The number of aryl methyl sites for hydroxylation is 1. The molecule has 116 valence electrons. The molecule has 1 heterocycles. The third-order valence-electron chi connectivity index (χ3n) is 3.41. The number of ether oxygens (including phenoxy) is 1. The Morgan fingerprint density at radius 3 is 2.55 bits per heavy atom. The Hall–Kier alpha value is -2.23. The van der Waals surface area contributed by atoms with Crippen molar-refractivity contribution in [2.24, 2.45) is 5.41 Å². The molecule has 1 unspecified atom stereocenters. The van der Waals surface area contributed by atoms with Gasteiger partial charge in [-0.1, -0.05) is 31.2 Å². The van der Waals surface area contributed by atoms with E-state index in [4.69, 9.17) is 4.74 Å². The summed E-state index contributed by atoms with van der Waals surface area (Å²) in [4.78, 5) is 20.8. The quantitative estimate of drug-likeness (QED) is 0.807. The predicted octanol–water partition coefficient (Wildman–Crippen LogP) is 3.72. The minimum Gasteiger partial charge on any atom is -0.450 e. The highest BCUT2D eigenvalue weighted by molar-refractivity contribution is 5.76. The molecule has 1 aromatic heterocycles. The molecule has 0 spiro atoms. The van der Waals surface area contributed by atoms with Crippen LogP contribution in [0, 0.1) is 5.41 Å². The number of carbonyl (C=O) groups excluding carboxylic acids is 1. The van der Waals surface area contributed by atoms with E-state index in [0.29, 0.717) is 5.69 Å². The van der Waals surface area contributed by atoms with Gasteiger partial charge in [-0.25, -0.2) is 0 Å². The molecule has 1 atom stereocenters. The zero-order chi connectivity index (χ0) is 16.2. The number of hydrogen-bond acceptors (Lipinski definition) is 4. The van der Waals surface area contributed by atoms with Gasteiger partial charge in [-0.05, 0) is 32.8 Å². The number of rotatable bonds is 4. The molecular weight excluding hydrogens is 276 g/mol. The molecule has 0 aliphatic heterocycles. The summed E-state index contributed by atoms with van der Waals surface area (Å²) in [5, 5.41) is 0. The van der Waals surface area contributed by atoms with Crippen molar-refractivity contribution in [1.29, 1.82) is 0 Å². The molecule has 0 amide bonds. The first-order chi connectivity index (χ1) is 10.4. The van der Waals surface area contributed by atoms with Gasteiger partial charge in [-0.15, -0.1) is 0 Å². The first-order valence-corrected chi connectivity index (χ1v) is 7.48. The lowest BCUT2D eigenvalue weighted by molar-refractivity contribution is -0.157. The molecule has 0 aliphatic rings. The molecule has 1 aromatic carbocycles. The molecule has 0 saturated carbocycles. The van der Waals surface area contributed by atoms with Crippen LogP contribution in [0.5, 0.6) is 0 Å². The van der Waals surface area contributed by atoms with Crippen molar-refractivity contribution in [2.75, 3.05) is 0 Å². The average Bonchev–Trinajstić information content (AvgIpc) is 2.52. The summed E-state index contributed by atoms with van der Waals surface area (Å²) < 4.78 is 5.79. The highest BCUT2D eigenvalue weighted by Crippen LogP contribution is 2.30. The molecule has 0 radical (unpaired) electrons. The molecule has 2 aromatic rings. The predicted molar refractivity (Wildman–Crippen MR) is 85.2 cm³/mol. The van der Waals surface area contributed by atoms with Crippen molar-refractivity contribution >= 4 is 5.97 Å². The van der Waals surface area contributed by atoms with Crippen LogP contribution in [0.25, 0.3) is 0 Å². The number of benzene rings is 1. The van der Waals surface area contributed by atoms with Crippen molar-refractivity contribution in [3.8, 4) is 0 Å². The van der Waals surface area contributed by atoms with Gasteiger partial charge >= 0.3 is 5.97 Å². The van der Waals surface area contributed by atoms with Crippen LogP contribution in [0.3, 0.4) is 0 Å². The Morgan fingerprint density at radius 1 is 1.23 bits per heavy atom. The highest BCUT2D eigenvalue weighted by atomic mass is 16.5. The van der Waals surface area contributed by atoms with Crippen molar-refractivity contribution in [1.82, 2.24) is 9.97 Å². The Labute approximate surface area is 131 Å². The Bertz CT molecular complexity index is 633. The van der Waals surface area contributed by atoms with Gasteiger partial charge in [-0.2, -0.15) is 0 Å². The second-order valence-corrected chi connectivity index (χ2v) is 6.22. The van der Waals surface area contributed by atoms with Crippen LogP contribution >= 0.6 is 0 Å². The topological polar surface area (TPSA) is 52.1 Å². The van der Waals surface area contributed by atoms with Gasteiger partial charge in [0.15, 0.2) is 6.10 Å². The van der Waals surface area contributed by atoms with Crippen molar-refractivity contribution in [3.63, 3.8) is 0 Å².